The number of hydrogen-bond donors (Lipinski definition) is 4. The first-order chi connectivity index (χ1) is 13.0. The Morgan fingerprint density at radius 3 is 2.57 bits per heavy atom. The minimum Gasteiger partial charge on any atom is -0.390 e. The van der Waals surface area contributed by atoms with Crippen LogP contribution in [0, 0.1) is 22.7 Å². The fraction of sp³-hybridized carbons (Fsp3) is 0.714. The van der Waals surface area contributed by atoms with E-state index >= 15 is 4.39 Å². The van der Waals surface area contributed by atoms with E-state index in [9.17, 15) is 30.0 Å². The average Bonchev–Trinajstić information content (AvgIpc) is 2.84. The predicted molar refractivity (Wildman–Crippen MR) is 96.8 cm³/mol. The highest BCUT2D eigenvalue weighted by atomic mass is 19.1. The van der Waals surface area contributed by atoms with E-state index in [1.807, 2.05) is 0 Å². The third-order valence-electron chi connectivity index (χ3n) is 8.43. The zero-order valence-electron chi connectivity index (χ0n) is 16.1. The van der Waals surface area contributed by atoms with E-state index in [4.69, 9.17) is 0 Å². The molecule has 28 heavy (non-hydrogen) atoms. The lowest BCUT2D eigenvalue weighted by molar-refractivity contribution is -0.222. The quantitative estimate of drug-likeness (QED) is 0.546. The second-order valence-corrected chi connectivity index (χ2v) is 9.36. The van der Waals surface area contributed by atoms with Crippen LogP contribution in [-0.4, -0.2) is 62.1 Å². The van der Waals surface area contributed by atoms with Crippen LogP contribution in [0.3, 0.4) is 0 Å². The molecule has 4 N–H and O–H groups in total. The fourth-order valence-electron chi connectivity index (χ4n) is 6.85. The molecule has 0 unspecified atom stereocenters. The summed E-state index contributed by atoms with van der Waals surface area (Å²) in [5, 5.41) is 42.1. The summed E-state index contributed by atoms with van der Waals surface area (Å²) in [5.74, 6) is -2.38. The van der Waals surface area contributed by atoms with Crippen LogP contribution >= 0.6 is 0 Å². The number of allylic oxidation sites excluding steroid dienone is 4. The summed E-state index contributed by atoms with van der Waals surface area (Å²) in [7, 11) is 0. The fourth-order valence-corrected chi connectivity index (χ4v) is 6.85. The molecular weight excluding hydrogens is 367 g/mol. The molecule has 0 aromatic rings. The molecule has 0 radical (unpaired) electrons. The number of hydrogen-bond acceptors (Lipinski definition) is 6. The summed E-state index contributed by atoms with van der Waals surface area (Å²) in [4.78, 5) is 24.2. The average molecular weight is 394 g/mol. The molecule has 0 aliphatic heterocycles. The second kappa shape index (κ2) is 5.81. The molecule has 8 atom stereocenters. The van der Waals surface area contributed by atoms with Gasteiger partial charge in [-0.1, -0.05) is 18.6 Å². The number of Topliss-reactive ketones (excluding diaryl/α,β-unsaturated/α-hetero) is 1. The van der Waals surface area contributed by atoms with E-state index in [2.05, 4.69) is 0 Å². The molecule has 3 saturated carbocycles. The molecule has 0 aromatic carbocycles. The van der Waals surface area contributed by atoms with E-state index in [0.29, 0.717) is 18.4 Å². The third kappa shape index (κ3) is 2.01. The van der Waals surface area contributed by atoms with Gasteiger partial charge in [0.05, 0.1) is 12.2 Å². The standard InChI is InChI=1S/C21H27FO6/c1-18-6-5-12(24)7-11(18)3-4-13-14-8-15(25)21(28,17(27)10-23)19(14,2)9-16(26)20(13,18)22/h5-7,13-16,23,25-26,28H,3-4,8-10H2,1-2H3/t13-,14+,15-,16+,18-,19+,20+,21+/m1/s1. The van der Waals surface area contributed by atoms with Gasteiger partial charge in [0.25, 0.3) is 0 Å². The number of rotatable bonds is 2. The Balaban J connectivity index is 1.84. The van der Waals surface area contributed by atoms with Gasteiger partial charge in [-0.2, -0.15) is 0 Å². The number of fused-ring (bicyclic) bond motifs is 5. The summed E-state index contributed by atoms with van der Waals surface area (Å²) in [6.45, 7) is 2.33. The Morgan fingerprint density at radius 2 is 1.93 bits per heavy atom. The summed E-state index contributed by atoms with van der Waals surface area (Å²) < 4.78 is 16.8. The van der Waals surface area contributed by atoms with Crippen molar-refractivity contribution in [3.8, 4) is 0 Å². The molecule has 4 aliphatic rings. The van der Waals surface area contributed by atoms with Crippen molar-refractivity contribution in [1.29, 1.82) is 0 Å². The molecule has 0 saturated heterocycles. The van der Waals surface area contributed by atoms with Gasteiger partial charge < -0.3 is 20.4 Å². The van der Waals surface area contributed by atoms with Crippen LogP contribution in [0.4, 0.5) is 4.39 Å². The van der Waals surface area contributed by atoms with Gasteiger partial charge in [-0.25, -0.2) is 4.39 Å². The van der Waals surface area contributed by atoms with Crippen LogP contribution in [0.1, 0.15) is 39.5 Å². The Morgan fingerprint density at radius 1 is 1.25 bits per heavy atom. The van der Waals surface area contributed by atoms with Gasteiger partial charge in [0.2, 0.25) is 0 Å². The molecule has 6 nitrogen and oxygen atoms in total. The smallest absolute Gasteiger partial charge is 0.192 e. The molecule has 154 valence electrons. The lowest BCUT2D eigenvalue weighted by Gasteiger charge is -2.62. The molecule has 0 amide bonds. The number of carbonyl (C=O) groups is 2. The number of carbonyl (C=O) groups excluding carboxylic acids is 2. The largest absolute Gasteiger partial charge is 0.390 e. The van der Waals surface area contributed by atoms with Gasteiger partial charge in [0.15, 0.2) is 22.8 Å². The van der Waals surface area contributed by atoms with Crippen molar-refractivity contribution in [3.05, 3.63) is 23.8 Å². The summed E-state index contributed by atoms with van der Waals surface area (Å²) in [5.41, 5.74) is -6.12. The Labute approximate surface area is 162 Å². The first-order valence-corrected chi connectivity index (χ1v) is 9.82. The van der Waals surface area contributed by atoms with Crippen molar-refractivity contribution in [2.24, 2.45) is 22.7 Å². The van der Waals surface area contributed by atoms with Crippen LogP contribution in [0.25, 0.3) is 0 Å². The number of aliphatic hydroxyl groups is 4. The highest BCUT2D eigenvalue weighted by Gasteiger charge is 2.76. The van der Waals surface area contributed by atoms with Crippen molar-refractivity contribution in [2.45, 2.75) is 63.0 Å². The van der Waals surface area contributed by atoms with Crippen LogP contribution in [-0.2, 0) is 9.59 Å². The summed E-state index contributed by atoms with van der Waals surface area (Å²) in [6, 6.07) is 0. The number of aliphatic hydroxyl groups excluding tert-OH is 3. The molecule has 0 spiro atoms. The van der Waals surface area contributed by atoms with Crippen molar-refractivity contribution >= 4 is 11.6 Å². The molecule has 4 aliphatic carbocycles. The topological polar surface area (TPSA) is 115 Å². The van der Waals surface area contributed by atoms with Crippen LogP contribution in [0.5, 0.6) is 0 Å². The zero-order valence-corrected chi connectivity index (χ0v) is 16.1. The zero-order chi connectivity index (χ0) is 20.7. The van der Waals surface area contributed by atoms with Gasteiger partial charge in [0, 0.05) is 16.7 Å². The first kappa shape index (κ1) is 19.9. The number of ketones is 2. The normalized spacial score (nSPS) is 52.5. The maximum atomic E-state index is 16.8. The van der Waals surface area contributed by atoms with E-state index in [-0.39, 0.29) is 18.6 Å². The Kier molecular flexibility index (Phi) is 4.13. The highest BCUT2D eigenvalue weighted by molar-refractivity contribution is 6.01. The van der Waals surface area contributed by atoms with Crippen molar-refractivity contribution < 1.29 is 34.4 Å². The molecule has 3 fully saturated rings. The summed E-state index contributed by atoms with van der Waals surface area (Å²) in [6.07, 6.45) is 1.93. The SMILES string of the molecule is C[C@]12C[C@H](O)[C@@]3(F)[C@H](CCC4=CC(=O)C=C[C@]43C)[C@@H]1C[C@@H](O)[C@]2(O)C(=O)CO. The van der Waals surface area contributed by atoms with Gasteiger partial charge in [0.1, 0.15) is 6.61 Å². The van der Waals surface area contributed by atoms with Gasteiger partial charge in [-0.15, -0.1) is 0 Å². The molecule has 7 heteroatoms. The Hall–Kier alpha value is -1.41. The Bertz CT molecular complexity index is 807. The minimum atomic E-state index is -2.23. The third-order valence-corrected chi connectivity index (χ3v) is 8.43. The molecule has 0 heterocycles. The number of alkyl halides is 1. The summed E-state index contributed by atoms with van der Waals surface area (Å²) >= 11 is 0. The maximum absolute atomic E-state index is 16.8. The molecule has 4 rings (SSSR count). The van der Waals surface area contributed by atoms with E-state index < -0.39 is 58.5 Å². The van der Waals surface area contributed by atoms with E-state index in [1.165, 1.54) is 18.2 Å². The van der Waals surface area contributed by atoms with Gasteiger partial charge >= 0.3 is 0 Å². The molecule has 0 aromatic heterocycles. The van der Waals surface area contributed by atoms with E-state index in [0.717, 1.165) is 0 Å². The van der Waals surface area contributed by atoms with Crippen molar-refractivity contribution in [2.75, 3.05) is 6.61 Å². The lowest BCUT2D eigenvalue weighted by atomic mass is 9.44. The maximum Gasteiger partial charge on any atom is 0.192 e. The monoisotopic (exact) mass is 394 g/mol. The second-order valence-electron chi connectivity index (χ2n) is 9.36. The number of halogens is 1. The first-order valence-electron chi connectivity index (χ1n) is 9.82. The van der Waals surface area contributed by atoms with Crippen LogP contribution in [0.2, 0.25) is 0 Å². The van der Waals surface area contributed by atoms with Crippen molar-refractivity contribution in [1.82, 2.24) is 0 Å². The van der Waals surface area contributed by atoms with Crippen LogP contribution in [0.15, 0.2) is 23.8 Å². The minimum absolute atomic E-state index is 0.0135. The van der Waals surface area contributed by atoms with Crippen LogP contribution < -0.4 is 0 Å². The van der Waals surface area contributed by atoms with Gasteiger partial charge in [-0.3, -0.25) is 9.59 Å². The highest BCUT2D eigenvalue weighted by Crippen LogP contribution is 2.69. The van der Waals surface area contributed by atoms with Crippen molar-refractivity contribution in [3.63, 3.8) is 0 Å². The van der Waals surface area contributed by atoms with E-state index in [1.54, 1.807) is 13.8 Å². The molecular formula is C21H27FO6. The van der Waals surface area contributed by atoms with Gasteiger partial charge in [-0.05, 0) is 50.7 Å². The predicted octanol–water partition coefficient (Wildman–Crippen LogP) is 0.620. The lowest BCUT2D eigenvalue weighted by Crippen LogP contribution is -2.69. The molecule has 0 bridgehead atoms.